The summed E-state index contributed by atoms with van der Waals surface area (Å²) in [6, 6.07) is 0. The van der Waals surface area contributed by atoms with Gasteiger partial charge in [0.1, 0.15) is 6.10 Å². The smallest absolute Gasteiger partial charge is 0.334 e. The first-order valence-electron chi connectivity index (χ1n) is 5.53. The molecule has 1 aliphatic heterocycles. The summed E-state index contributed by atoms with van der Waals surface area (Å²) in [5.74, 6) is -2.11. The number of hydrogen-bond acceptors (Lipinski definition) is 6. The normalized spacial score (nSPS) is 28.6. The molecule has 1 heterocycles. The Hall–Kier alpha value is -1.85. The topological polar surface area (TPSA) is 78.9 Å². The van der Waals surface area contributed by atoms with Crippen molar-refractivity contribution in [1.82, 2.24) is 0 Å². The summed E-state index contributed by atoms with van der Waals surface area (Å²) in [4.78, 5) is 35.0. The van der Waals surface area contributed by atoms with E-state index in [-0.39, 0.29) is 18.8 Å². The minimum Gasteiger partial charge on any atom is -0.468 e. The first-order valence-corrected chi connectivity index (χ1v) is 5.53. The van der Waals surface area contributed by atoms with Gasteiger partial charge >= 0.3 is 17.9 Å². The Morgan fingerprint density at radius 3 is 2.28 bits per heavy atom. The summed E-state index contributed by atoms with van der Waals surface area (Å²) < 4.78 is 14.4. The summed E-state index contributed by atoms with van der Waals surface area (Å²) in [7, 11) is 2.42. The van der Waals surface area contributed by atoms with Gasteiger partial charge in [0.2, 0.25) is 0 Å². The zero-order valence-electron chi connectivity index (χ0n) is 10.2. The quantitative estimate of drug-likeness (QED) is 0.303. The molecule has 1 saturated heterocycles. The van der Waals surface area contributed by atoms with Crippen LogP contribution in [0.3, 0.4) is 0 Å². The van der Waals surface area contributed by atoms with Crippen molar-refractivity contribution in [3.05, 3.63) is 12.2 Å². The molecule has 0 radical (unpaired) electrons. The summed E-state index contributed by atoms with van der Waals surface area (Å²) in [6.45, 7) is 3.63. The van der Waals surface area contributed by atoms with E-state index in [9.17, 15) is 14.4 Å². The molecule has 0 aromatic carbocycles. The van der Waals surface area contributed by atoms with Crippen LogP contribution in [-0.4, -0.2) is 38.2 Å². The fraction of sp³-hybridized carbons (Fsp3) is 0.583. The number of fused-ring (bicyclic) bond motifs is 1. The molecular weight excluding hydrogens is 240 g/mol. The van der Waals surface area contributed by atoms with E-state index in [0.717, 1.165) is 0 Å². The van der Waals surface area contributed by atoms with E-state index < -0.39 is 29.4 Å². The highest BCUT2D eigenvalue weighted by Gasteiger charge is 2.61. The molecule has 0 aromatic rings. The van der Waals surface area contributed by atoms with Crippen molar-refractivity contribution in [2.24, 2.45) is 11.3 Å². The molecule has 0 bridgehead atoms. The van der Waals surface area contributed by atoms with Crippen LogP contribution in [0, 0.1) is 11.3 Å². The second-order valence-corrected chi connectivity index (χ2v) is 4.55. The molecule has 0 spiro atoms. The van der Waals surface area contributed by atoms with E-state index >= 15 is 0 Å². The van der Waals surface area contributed by atoms with Gasteiger partial charge in [-0.25, -0.2) is 4.79 Å². The lowest BCUT2D eigenvalue weighted by Gasteiger charge is -2.23. The van der Waals surface area contributed by atoms with Crippen molar-refractivity contribution in [2.45, 2.75) is 18.9 Å². The van der Waals surface area contributed by atoms with Crippen LogP contribution in [0.4, 0.5) is 0 Å². The Morgan fingerprint density at radius 1 is 1.28 bits per heavy atom. The van der Waals surface area contributed by atoms with Crippen molar-refractivity contribution in [3.8, 4) is 0 Å². The lowest BCUT2D eigenvalue weighted by molar-refractivity contribution is -0.170. The predicted octanol–water partition coefficient (Wildman–Crippen LogP) is 0.210. The largest absolute Gasteiger partial charge is 0.468 e. The lowest BCUT2D eigenvalue weighted by atomic mass is 9.84. The second kappa shape index (κ2) is 4.12. The molecule has 18 heavy (non-hydrogen) atoms. The van der Waals surface area contributed by atoms with Crippen LogP contribution in [0.1, 0.15) is 12.8 Å². The standard InChI is InChI=1S/C12H14O6/c1-6-7-4-12(10(14)16-2,11(15)17-3)5-8(7)18-9(6)13/h7-8H,1,4-5H2,2-3H3/t7-,8-/m0/s1. The van der Waals surface area contributed by atoms with Crippen LogP contribution >= 0.6 is 0 Å². The molecule has 98 valence electrons. The first kappa shape index (κ1) is 12.6. The summed E-state index contributed by atoms with van der Waals surface area (Å²) in [5, 5.41) is 0. The number of carbonyl (C=O) groups is 3. The maximum absolute atomic E-state index is 11.9. The van der Waals surface area contributed by atoms with E-state index in [2.05, 4.69) is 16.1 Å². The summed E-state index contributed by atoms with van der Waals surface area (Å²) >= 11 is 0. The van der Waals surface area contributed by atoms with Crippen molar-refractivity contribution in [1.29, 1.82) is 0 Å². The van der Waals surface area contributed by atoms with Gasteiger partial charge in [-0.05, 0) is 6.42 Å². The molecule has 0 aromatic heterocycles. The van der Waals surface area contributed by atoms with Gasteiger partial charge < -0.3 is 14.2 Å². The van der Waals surface area contributed by atoms with Crippen LogP contribution < -0.4 is 0 Å². The lowest BCUT2D eigenvalue weighted by Crippen LogP contribution is -2.40. The molecule has 2 fully saturated rings. The molecule has 2 atom stereocenters. The molecule has 0 unspecified atom stereocenters. The van der Waals surface area contributed by atoms with Crippen molar-refractivity contribution in [2.75, 3.05) is 14.2 Å². The number of ether oxygens (including phenoxy) is 3. The fourth-order valence-corrected chi connectivity index (χ4v) is 2.72. The van der Waals surface area contributed by atoms with Gasteiger partial charge in [0.05, 0.1) is 14.2 Å². The molecule has 6 nitrogen and oxygen atoms in total. The van der Waals surface area contributed by atoms with Crippen LogP contribution in [0.5, 0.6) is 0 Å². The van der Waals surface area contributed by atoms with Gasteiger partial charge in [-0.2, -0.15) is 0 Å². The molecule has 2 aliphatic rings. The van der Waals surface area contributed by atoms with Gasteiger partial charge in [0.15, 0.2) is 5.41 Å². The minimum absolute atomic E-state index is 0.0851. The third kappa shape index (κ3) is 1.52. The zero-order chi connectivity index (χ0) is 13.5. The molecule has 0 N–H and O–H groups in total. The Bertz CT molecular complexity index is 422. The van der Waals surface area contributed by atoms with Crippen LogP contribution in [-0.2, 0) is 28.6 Å². The van der Waals surface area contributed by atoms with E-state index in [4.69, 9.17) is 4.74 Å². The SMILES string of the molecule is C=C1C(=O)O[C@H]2CC(C(=O)OC)(C(=O)OC)C[C@@H]12. The van der Waals surface area contributed by atoms with Gasteiger partial charge in [-0.3, -0.25) is 9.59 Å². The molecule has 2 rings (SSSR count). The highest BCUT2D eigenvalue weighted by atomic mass is 16.6. The average molecular weight is 254 g/mol. The van der Waals surface area contributed by atoms with Crippen LogP contribution in [0.2, 0.25) is 0 Å². The Labute approximate surface area is 104 Å². The van der Waals surface area contributed by atoms with E-state index in [1.807, 2.05) is 0 Å². The molecule has 1 saturated carbocycles. The molecule has 1 aliphatic carbocycles. The van der Waals surface area contributed by atoms with E-state index in [1.165, 1.54) is 14.2 Å². The Balaban J connectivity index is 2.32. The maximum atomic E-state index is 11.9. The first-order chi connectivity index (χ1) is 8.46. The third-order valence-corrected chi connectivity index (χ3v) is 3.69. The number of methoxy groups -OCH3 is 2. The number of rotatable bonds is 2. The van der Waals surface area contributed by atoms with Crippen LogP contribution in [0.15, 0.2) is 12.2 Å². The van der Waals surface area contributed by atoms with Crippen LogP contribution in [0.25, 0.3) is 0 Å². The number of hydrogen-bond donors (Lipinski definition) is 0. The minimum atomic E-state index is -1.39. The maximum Gasteiger partial charge on any atom is 0.334 e. The summed E-state index contributed by atoms with van der Waals surface area (Å²) in [6.07, 6.45) is -0.271. The number of carbonyl (C=O) groups excluding carboxylic acids is 3. The fourth-order valence-electron chi connectivity index (χ4n) is 2.72. The van der Waals surface area contributed by atoms with Gasteiger partial charge in [0.25, 0.3) is 0 Å². The molecule has 6 heteroatoms. The Kier molecular flexibility index (Phi) is 2.88. The van der Waals surface area contributed by atoms with Crippen molar-refractivity contribution >= 4 is 17.9 Å². The zero-order valence-corrected chi connectivity index (χ0v) is 10.2. The second-order valence-electron chi connectivity index (χ2n) is 4.55. The highest BCUT2D eigenvalue weighted by Crippen LogP contribution is 2.50. The van der Waals surface area contributed by atoms with Gasteiger partial charge in [-0.15, -0.1) is 0 Å². The van der Waals surface area contributed by atoms with Gasteiger partial charge in [-0.1, -0.05) is 6.58 Å². The van der Waals surface area contributed by atoms with E-state index in [0.29, 0.717) is 5.57 Å². The number of esters is 3. The molecular formula is C12H14O6. The predicted molar refractivity (Wildman–Crippen MR) is 58.2 cm³/mol. The average Bonchev–Trinajstić information content (AvgIpc) is 2.86. The van der Waals surface area contributed by atoms with E-state index in [1.54, 1.807) is 0 Å². The summed E-state index contributed by atoms with van der Waals surface area (Å²) in [5.41, 5.74) is -1.09. The van der Waals surface area contributed by atoms with Crippen molar-refractivity contribution < 1.29 is 28.6 Å². The highest BCUT2D eigenvalue weighted by molar-refractivity contribution is 6.01. The molecule has 0 amide bonds. The monoisotopic (exact) mass is 254 g/mol. The van der Waals surface area contributed by atoms with Crippen molar-refractivity contribution in [3.63, 3.8) is 0 Å². The third-order valence-electron chi connectivity index (χ3n) is 3.69. The Morgan fingerprint density at radius 2 is 1.83 bits per heavy atom. The van der Waals surface area contributed by atoms with Gasteiger partial charge in [0, 0.05) is 17.9 Å².